The maximum absolute atomic E-state index is 13.0. The number of amides is 1. The summed E-state index contributed by atoms with van der Waals surface area (Å²) in [5.41, 5.74) is 1.40. The molecule has 0 aliphatic carbocycles. The maximum Gasteiger partial charge on any atom is 0.256 e. The molecule has 2 atom stereocenters. The van der Waals surface area contributed by atoms with Gasteiger partial charge in [0, 0.05) is 12.8 Å². The van der Waals surface area contributed by atoms with Crippen molar-refractivity contribution >= 4 is 28.6 Å². The van der Waals surface area contributed by atoms with E-state index in [1.807, 2.05) is 35.4 Å². The number of carbonyl (C=O) groups excluding carboxylic acids is 1. The molecule has 148 valence electrons. The molecular formula is C23H28N2O3. The van der Waals surface area contributed by atoms with Gasteiger partial charge in [0.1, 0.15) is 0 Å². The first-order chi connectivity index (χ1) is 13.5. The van der Waals surface area contributed by atoms with Gasteiger partial charge in [0.05, 0.1) is 31.0 Å². The topological polar surface area (TPSA) is 51.1 Å². The lowest BCUT2D eigenvalue weighted by atomic mass is 9.99. The molecule has 1 saturated heterocycles. The predicted molar refractivity (Wildman–Crippen MR) is 112 cm³/mol. The summed E-state index contributed by atoms with van der Waals surface area (Å²) >= 11 is 0. The van der Waals surface area contributed by atoms with E-state index in [1.54, 1.807) is 7.11 Å². The molecule has 1 fully saturated rings. The number of nitrogens with zero attached hydrogens (tertiary/aromatic N) is 2. The van der Waals surface area contributed by atoms with Gasteiger partial charge >= 0.3 is 0 Å². The van der Waals surface area contributed by atoms with Crippen molar-refractivity contribution in [2.24, 2.45) is 16.8 Å². The summed E-state index contributed by atoms with van der Waals surface area (Å²) in [4.78, 5) is 19.6. The number of rotatable bonds is 5. The van der Waals surface area contributed by atoms with Crippen molar-refractivity contribution in [3.63, 3.8) is 0 Å². The van der Waals surface area contributed by atoms with Gasteiger partial charge in [-0.15, -0.1) is 0 Å². The molecule has 1 amide bonds. The van der Waals surface area contributed by atoms with E-state index < -0.39 is 0 Å². The minimum absolute atomic E-state index is 0.0713. The largest absolute Gasteiger partial charge is 0.493 e. The van der Waals surface area contributed by atoms with Crippen molar-refractivity contribution in [3.8, 4) is 11.5 Å². The van der Waals surface area contributed by atoms with Crippen LogP contribution >= 0.6 is 0 Å². The summed E-state index contributed by atoms with van der Waals surface area (Å²) in [6.07, 6.45) is 3.95. The minimum Gasteiger partial charge on any atom is -0.493 e. The molecule has 2 heterocycles. The summed E-state index contributed by atoms with van der Waals surface area (Å²) in [7, 11) is 1.65. The van der Waals surface area contributed by atoms with Gasteiger partial charge in [0.15, 0.2) is 11.5 Å². The normalized spacial score (nSPS) is 19.5. The first-order valence-electron chi connectivity index (χ1n) is 10.1. The quantitative estimate of drug-likeness (QED) is 0.746. The zero-order valence-corrected chi connectivity index (χ0v) is 17.1. The van der Waals surface area contributed by atoms with Crippen molar-refractivity contribution < 1.29 is 14.3 Å². The summed E-state index contributed by atoms with van der Waals surface area (Å²) in [6, 6.07) is 7.99. The van der Waals surface area contributed by atoms with Crippen LogP contribution in [0.5, 0.6) is 11.5 Å². The SMILES string of the molecule is COc1cc2cc3c(cc2cc1OCC(C)C(C)C)N=CC1CCCN1C3=O. The third kappa shape index (κ3) is 3.34. The van der Waals surface area contributed by atoms with Crippen molar-refractivity contribution in [1.29, 1.82) is 0 Å². The van der Waals surface area contributed by atoms with E-state index in [2.05, 4.69) is 25.8 Å². The first-order valence-corrected chi connectivity index (χ1v) is 10.1. The van der Waals surface area contributed by atoms with E-state index in [0.29, 0.717) is 29.8 Å². The van der Waals surface area contributed by atoms with E-state index in [1.165, 1.54) is 0 Å². The molecule has 4 rings (SSSR count). The second-order valence-electron chi connectivity index (χ2n) is 8.24. The van der Waals surface area contributed by atoms with Crippen molar-refractivity contribution in [1.82, 2.24) is 4.90 Å². The second-order valence-corrected chi connectivity index (χ2v) is 8.24. The fourth-order valence-electron chi connectivity index (χ4n) is 3.78. The lowest BCUT2D eigenvalue weighted by molar-refractivity contribution is 0.0775. The molecule has 28 heavy (non-hydrogen) atoms. The average Bonchev–Trinajstić information content (AvgIpc) is 3.12. The van der Waals surface area contributed by atoms with E-state index in [0.717, 1.165) is 41.6 Å². The highest BCUT2D eigenvalue weighted by molar-refractivity contribution is 6.07. The lowest BCUT2D eigenvalue weighted by Crippen LogP contribution is -2.35. The molecular weight excluding hydrogens is 352 g/mol. The van der Waals surface area contributed by atoms with E-state index in [9.17, 15) is 4.79 Å². The Kier molecular flexibility index (Phi) is 5.00. The van der Waals surface area contributed by atoms with Crippen LogP contribution in [0.15, 0.2) is 29.3 Å². The number of methoxy groups -OCH3 is 1. The van der Waals surface area contributed by atoms with Crippen molar-refractivity contribution in [2.75, 3.05) is 20.3 Å². The van der Waals surface area contributed by atoms with Crippen LogP contribution in [-0.2, 0) is 0 Å². The molecule has 5 nitrogen and oxygen atoms in total. The van der Waals surface area contributed by atoms with Crippen LogP contribution in [0, 0.1) is 11.8 Å². The van der Waals surface area contributed by atoms with Gasteiger partial charge in [-0.25, -0.2) is 0 Å². The van der Waals surface area contributed by atoms with Crippen LogP contribution in [-0.4, -0.2) is 43.3 Å². The van der Waals surface area contributed by atoms with Crippen LogP contribution in [0.25, 0.3) is 10.8 Å². The standard InChI is InChI=1S/C23H28N2O3/c1-14(2)15(3)13-28-22-11-17-9-20-19(8-16(17)10-21(22)27-4)23(26)25-7-5-6-18(25)12-24-20/h8-12,14-15,18H,5-7,13H2,1-4H3. The molecule has 2 aromatic rings. The minimum atomic E-state index is 0.0713. The Balaban J connectivity index is 1.73. The van der Waals surface area contributed by atoms with Crippen LogP contribution in [0.2, 0.25) is 0 Å². The highest BCUT2D eigenvalue weighted by Gasteiger charge is 2.31. The fraction of sp³-hybridized carbons (Fsp3) is 0.478. The van der Waals surface area contributed by atoms with Crippen LogP contribution in [0.3, 0.4) is 0 Å². The maximum atomic E-state index is 13.0. The fourth-order valence-corrected chi connectivity index (χ4v) is 3.78. The number of fused-ring (bicyclic) bond motifs is 3. The third-order valence-electron chi connectivity index (χ3n) is 6.05. The number of carbonyl (C=O) groups is 1. The smallest absolute Gasteiger partial charge is 0.256 e. The summed E-state index contributed by atoms with van der Waals surface area (Å²) in [6.45, 7) is 8.02. The first kappa shape index (κ1) is 18.8. The molecule has 0 saturated carbocycles. The molecule has 0 radical (unpaired) electrons. The van der Waals surface area contributed by atoms with E-state index in [-0.39, 0.29) is 11.9 Å². The van der Waals surface area contributed by atoms with E-state index >= 15 is 0 Å². The van der Waals surface area contributed by atoms with Gasteiger partial charge in [0.2, 0.25) is 0 Å². The molecule has 5 heteroatoms. The number of aliphatic imine (C=N–C) groups is 1. The zero-order valence-electron chi connectivity index (χ0n) is 17.1. The third-order valence-corrected chi connectivity index (χ3v) is 6.05. The summed E-state index contributed by atoms with van der Waals surface area (Å²) in [5.74, 6) is 2.49. The molecule has 0 aromatic heterocycles. The molecule has 2 aliphatic rings. The Morgan fingerprint density at radius 2 is 1.89 bits per heavy atom. The lowest BCUT2D eigenvalue weighted by Gasteiger charge is -2.20. The molecule has 0 spiro atoms. The zero-order chi connectivity index (χ0) is 19.8. The Morgan fingerprint density at radius 1 is 1.14 bits per heavy atom. The Morgan fingerprint density at radius 3 is 2.64 bits per heavy atom. The van der Waals surface area contributed by atoms with Crippen LogP contribution in [0.4, 0.5) is 5.69 Å². The van der Waals surface area contributed by atoms with Crippen molar-refractivity contribution in [3.05, 3.63) is 29.8 Å². The van der Waals surface area contributed by atoms with Gasteiger partial charge in [0.25, 0.3) is 5.91 Å². The van der Waals surface area contributed by atoms with Crippen LogP contribution < -0.4 is 9.47 Å². The average molecular weight is 380 g/mol. The number of ether oxygens (including phenoxy) is 2. The number of hydrogen-bond acceptors (Lipinski definition) is 4. The van der Waals surface area contributed by atoms with Gasteiger partial charge in [-0.05, 0) is 59.7 Å². The summed E-state index contributed by atoms with van der Waals surface area (Å²) in [5, 5.41) is 1.96. The highest BCUT2D eigenvalue weighted by Crippen LogP contribution is 2.37. The number of hydrogen-bond donors (Lipinski definition) is 0. The molecule has 0 N–H and O–H groups in total. The van der Waals surface area contributed by atoms with Gasteiger partial charge in [-0.2, -0.15) is 0 Å². The van der Waals surface area contributed by atoms with Crippen LogP contribution in [0.1, 0.15) is 44.0 Å². The predicted octanol–water partition coefficient (Wildman–Crippen LogP) is 4.84. The summed E-state index contributed by atoms with van der Waals surface area (Å²) < 4.78 is 11.6. The second kappa shape index (κ2) is 7.46. The van der Waals surface area contributed by atoms with E-state index in [4.69, 9.17) is 9.47 Å². The molecule has 0 bridgehead atoms. The van der Waals surface area contributed by atoms with Gasteiger partial charge < -0.3 is 14.4 Å². The highest BCUT2D eigenvalue weighted by atomic mass is 16.5. The Bertz CT molecular complexity index is 935. The Labute approximate surface area is 166 Å². The van der Waals surface area contributed by atoms with Gasteiger partial charge in [-0.1, -0.05) is 20.8 Å². The Hall–Kier alpha value is -2.56. The monoisotopic (exact) mass is 380 g/mol. The van der Waals surface area contributed by atoms with Gasteiger partial charge in [-0.3, -0.25) is 9.79 Å². The van der Waals surface area contributed by atoms with Crippen molar-refractivity contribution in [2.45, 2.75) is 39.7 Å². The number of benzene rings is 2. The molecule has 2 unspecified atom stereocenters. The molecule has 2 aliphatic heterocycles. The molecule has 2 aromatic carbocycles.